The van der Waals surface area contributed by atoms with E-state index in [2.05, 4.69) is 0 Å². The first-order valence-electron chi connectivity index (χ1n) is 4.09. The van der Waals surface area contributed by atoms with Gasteiger partial charge in [0, 0.05) is 0 Å². The Labute approximate surface area is 90.4 Å². The van der Waals surface area contributed by atoms with Gasteiger partial charge in [-0.3, -0.25) is 0 Å². The van der Waals surface area contributed by atoms with Gasteiger partial charge in [0.05, 0.1) is 22.3 Å². The maximum absolute atomic E-state index is 5.89. The van der Waals surface area contributed by atoms with E-state index in [-0.39, 0.29) is 9.75 Å². The van der Waals surface area contributed by atoms with Crippen molar-refractivity contribution in [2.24, 2.45) is 0 Å². The van der Waals surface area contributed by atoms with E-state index in [0.717, 1.165) is 0 Å². The van der Waals surface area contributed by atoms with Crippen LogP contribution < -0.4 is 0 Å². The molecule has 13 heavy (non-hydrogen) atoms. The van der Waals surface area contributed by atoms with Crippen LogP contribution >= 0.6 is 23.2 Å². The fraction of sp³-hybridized carbons (Fsp3) is 0.600. The van der Waals surface area contributed by atoms with Crippen LogP contribution in [0.15, 0.2) is 24.7 Å². The topological polar surface area (TPSA) is 9.23 Å². The Morgan fingerprint density at radius 1 is 0.846 bits per heavy atom. The van der Waals surface area contributed by atoms with Crippen LogP contribution in [0.1, 0.15) is 27.7 Å². The third-order valence-electron chi connectivity index (χ3n) is 1.09. The highest BCUT2D eigenvalue weighted by Gasteiger charge is 2.07. The quantitative estimate of drug-likeness (QED) is 0.515. The molecule has 0 fully saturated rings. The van der Waals surface area contributed by atoms with E-state index in [1.54, 1.807) is 24.7 Å². The van der Waals surface area contributed by atoms with Crippen molar-refractivity contribution >= 4 is 23.2 Å². The summed E-state index contributed by atoms with van der Waals surface area (Å²) in [6, 6.07) is 0. The smallest absolute Gasteiger partial charge is 0.0878 e. The Morgan fingerprint density at radius 3 is 1.38 bits per heavy atom. The molecule has 0 N–H and O–H groups in total. The van der Waals surface area contributed by atoms with Gasteiger partial charge >= 0.3 is 0 Å². The lowest BCUT2D eigenvalue weighted by atomic mass is 10.2. The Balaban J connectivity index is 3.81. The van der Waals surface area contributed by atoms with Crippen LogP contribution in [0.25, 0.3) is 0 Å². The van der Waals surface area contributed by atoms with E-state index in [1.807, 2.05) is 27.7 Å². The highest BCUT2D eigenvalue weighted by atomic mass is 35.5. The molecule has 0 saturated carbocycles. The van der Waals surface area contributed by atoms with Gasteiger partial charge in [0.15, 0.2) is 0 Å². The number of hydrogen-bond acceptors (Lipinski definition) is 1. The van der Waals surface area contributed by atoms with Gasteiger partial charge in [0.1, 0.15) is 0 Å². The number of hydrogen-bond donors (Lipinski definition) is 0. The molecular weight excluding hydrogens is 207 g/mol. The van der Waals surface area contributed by atoms with Crippen LogP contribution in [0.4, 0.5) is 0 Å². The standard InChI is InChI=1S/C10H16Cl2O/c1-9(2,11)5-7-13-8-6-10(3,4)12/h5-8H,1-4H3. The molecule has 0 atom stereocenters. The molecule has 0 aliphatic heterocycles. The summed E-state index contributed by atoms with van der Waals surface area (Å²) in [5, 5.41) is 0. The summed E-state index contributed by atoms with van der Waals surface area (Å²) in [4.78, 5) is -0.741. The fourth-order valence-corrected chi connectivity index (χ4v) is 0.550. The highest BCUT2D eigenvalue weighted by Crippen LogP contribution is 2.15. The van der Waals surface area contributed by atoms with Crippen molar-refractivity contribution in [3.05, 3.63) is 24.7 Å². The monoisotopic (exact) mass is 222 g/mol. The molecular formula is C10H16Cl2O. The van der Waals surface area contributed by atoms with E-state index in [9.17, 15) is 0 Å². The van der Waals surface area contributed by atoms with Gasteiger partial charge in [-0.15, -0.1) is 23.2 Å². The molecule has 0 bridgehead atoms. The molecule has 0 aliphatic carbocycles. The lowest BCUT2D eigenvalue weighted by Crippen LogP contribution is -2.04. The van der Waals surface area contributed by atoms with Crippen LogP contribution in [-0.4, -0.2) is 9.75 Å². The molecule has 0 spiro atoms. The van der Waals surface area contributed by atoms with Gasteiger partial charge in [-0.1, -0.05) is 0 Å². The zero-order chi connectivity index (χ0) is 10.5. The number of allylic oxidation sites excluding steroid dienone is 2. The average molecular weight is 223 g/mol. The van der Waals surface area contributed by atoms with Crippen molar-refractivity contribution in [2.75, 3.05) is 0 Å². The average Bonchev–Trinajstić information content (AvgIpc) is 1.81. The van der Waals surface area contributed by atoms with Gasteiger partial charge in [0.2, 0.25) is 0 Å². The molecule has 0 radical (unpaired) electrons. The van der Waals surface area contributed by atoms with Gasteiger partial charge in [0.25, 0.3) is 0 Å². The first kappa shape index (κ1) is 12.9. The van der Waals surface area contributed by atoms with Gasteiger partial charge < -0.3 is 4.74 Å². The highest BCUT2D eigenvalue weighted by molar-refractivity contribution is 6.24. The normalized spacial score (nSPS) is 14.3. The molecule has 0 saturated heterocycles. The summed E-state index contributed by atoms with van der Waals surface area (Å²) >= 11 is 11.8. The summed E-state index contributed by atoms with van der Waals surface area (Å²) in [6.07, 6.45) is 6.62. The van der Waals surface area contributed by atoms with E-state index in [0.29, 0.717) is 0 Å². The van der Waals surface area contributed by atoms with Crippen molar-refractivity contribution in [1.82, 2.24) is 0 Å². The van der Waals surface area contributed by atoms with Gasteiger partial charge in [-0.2, -0.15) is 0 Å². The summed E-state index contributed by atoms with van der Waals surface area (Å²) in [5.74, 6) is 0. The van der Waals surface area contributed by atoms with E-state index < -0.39 is 0 Å². The van der Waals surface area contributed by atoms with Crippen molar-refractivity contribution < 1.29 is 4.74 Å². The minimum Gasteiger partial charge on any atom is -0.473 e. The van der Waals surface area contributed by atoms with Gasteiger partial charge in [-0.25, -0.2) is 0 Å². The largest absolute Gasteiger partial charge is 0.473 e. The number of rotatable bonds is 4. The Kier molecular flexibility index (Phi) is 4.87. The predicted octanol–water partition coefficient (Wildman–Crippen LogP) is 4.07. The Bertz CT molecular complexity index is 172. The molecule has 0 rings (SSSR count). The van der Waals surface area contributed by atoms with Crippen LogP contribution in [0.2, 0.25) is 0 Å². The maximum atomic E-state index is 5.89. The van der Waals surface area contributed by atoms with Crippen molar-refractivity contribution in [3.63, 3.8) is 0 Å². The predicted molar refractivity (Wildman–Crippen MR) is 59.2 cm³/mol. The number of ether oxygens (including phenoxy) is 1. The second-order valence-corrected chi connectivity index (χ2v) is 5.82. The second kappa shape index (κ2) is 4.92. The summed E-state index contributed by atoms with van der Waals surface area (Å²) in [7, 11) is 0. The van der Waals surface area contributed by atoms with Gasteiger partial charge in [-0.05, 0) is 39.8 Å². The van der Waals surface area contributed by atoms with Crippen LogP contribution in [0, 0.1) is 0 Å². The summed E-state index contributed by atoms with van der Waals surface area (Å²) in [5.41, 5.74) is 0. The SMILES string of the molecule is CC(C)(Cl)C=COC=CC(C)(C)Cl. The molecule has 0 aliphatic rings. The van der Waals surface area contributed by atoms with Crippen molar-refractivity contribution in [2.45, 2.75) is 37.4 Å². The molecule has 0 aromatic heterocycles. The Morgan fingerprint density at radius 2 is 1.15 bits per heavy atom. The fourth-order valence-electron chi connectivity index (χ4n) is 0.448. The minimum absolute atomic E-state index is 0.371. The van der Waals surface area contributed by atoms with Crippen LogP contribution in [0.3, 0.4) is 0 Å². The van der Waals surface area contributed by atoms with E-state index in [4.69, 9.17) is 27.9 Å². The minimum atomic E-state index is -0.371. The first-order valence-corrected chi connectivity index (χ1v) is 4.85. The molecule has 76 valence electrons. The molecule has 1 nitrogen and oxygen atoms in total. The lowest BCUT2D eigenvalue weighted by Gasteiger charge is -2.08. The Hall–Kier alpha value is -0.140. The zero-order valence-corrected chi connectivity index (χ0v) is 9.99. The molecule has 0 aromatic rings. The number of halogens is 2. The maximum Gasteiger partial charge on any atom is 0.0878 e. The van der Waals surface area contributed by atoms with Crippen LogP contribution in [-0.2, 0) is 4.74 Å². The number of alkyl halides is 2. The molecule has 0 amide bonds. The molecule has 3 heteroatoms. The second-order valence-electron chi connectivity index (χ2n) is 3.87. The third kappa shape index (κ3) is 11.9. The molecule has 0 unspecified atom stereocenters. The summed E-state index contributed by atoms with van der Waals surface area (Å²) < 4.78 is 5.06. The van der Waals surface area contributed by atoms with Crippen LogP contribution in [0.5, 0.6) is 0 Å². The van der Waals surface area contributed by atoms with Crippen molar-refractivity contribution in [1.29, 1.82) is 0 Å². The molecule has 0 heterocycles. The summed E-state index contributed by atoms with van der Waals surface area (Å²) in [6.45, 7) is 7.51. The first-order chi connectivity index (χ1) is 5.71. The third-order valence-corrected chi connectivity index (χ3v) is 1.34. The van der Waals surface area contributed by atoms with E-state index in [1.165, 1.54) is 0 Å². The lowest BCUT2D eigenvalue weighted by molar-refractivity contribution is 0.396. The van der Waals surface area contributed by atoms with Crippen molar-refractivity contribution in [3.8, 4) is 0 Å². The van der Waals surface area contributed by atoms with E-state index >= 15 is 0 Å². The zero-order valence-electron chi connectivity index (χ0n) is 8.47. The molecule has 0 aromatic carbocycles.